The van der Waals surface area contributed by atoms with E-state index in [0.717, 1.165) is 34.1 Å². The molecule has 148 valence electrons. The number of rotatable bonds is 4. The van der Waals surface area contributed by atoms with Crippen molar-refractivity contribution in [3.63, 3.8) is 0 Å². The molecule has 5 amide bonds. The fourth-order valence-electron chi connectivity index (χ4n) is 3.36. The number of carbonyl (C=O) groups excluding carboxylic acids is 3. The molecule has 27 heavy (non-hydrogen) atoms. The van der Waals surface area contributed by atoms with Crippen LogP contribution in [0.15, 0.2) is 9.81 Å². The van der Waals surface area contributed by atoms with Crippen molar-refractivity contribution in [3.8, 4) is 0 Å². The minimum absolute atomic E-state index is 0.0779. The number of likely N-dealkylation sites (tertiary alicyclic amines) is 1. The maximum atomic E-state index is 13.1. The van der Waals surface area contributed by atoms with E-state index in [4.69, 9.17) is 0 Å². The summed E-state index contributed by atoms with van der Waals surface area (Å²) in [5, 5.41) is 9.18. The summed E-state index contributed by atoms with van der Waals surface area (Å²) in [6.07, 6.45) is 1.81. The molecule has 0 aromatic rings. The van der Waals surface area contributed by atoms with Gasteiger partial charge >= 0.3 is 12.1 Å². The Morgan fingerprint density at radius 3 is 2.48 bits per heavy atom. The molecule has 0 spiro atoms. The average Bonchev–Trinajstić information content (AvgIpc) is 3.12. The molecular formula is C17H23N3O5S2. The largest absolute Gasteiger partial charge is 0.465 e. The van der Waals surface area contributed by atoms with E-state index in [2.05, 4.69) is 0 Å². The molecule has 8 nitrogen and oxygen atoms in total. The van der Waals surface area contributed by atoms with E-state index in [1.807, 2.05) is 6.92 Å². The van der Waals surface area contributed by atoms with Gasteiger partial charge in [0.2, 0.25) is 0 Å². The van der Waals surface area contributed by atoms with Crippen LogP contribution in [0.25, 0.3) is 0 Å². The molecule has 1 unspecified atom stereocenters. The summed E-state index contributed by atoms with van der Waals surface area (Å²) in [6.45, 7) is 2.59. The van der Waals surface area contributed by atoms with Gasteiger partial charge in [0.15, 0.2) is 0 Å². The molecule has 1 atom stereocenters. The number of unbranched alkanes of at least 4 members (excludes halogenated alkanes) is 1. The number of thioether (sulfide) groups is 2. The van der Waals surface area contributed by atoms with Gasteiger partial charge in [-0.2, -0.15) is 0 Å². The first kappa shape index (κ1) is 20.1. The predicted molar refractivity (Wildman–Crippen MR) is 103 cm³/mol. The van der Waals surface area contributed by atoms with E-state index in [-0.39, 0.29) is 25.2 Å². The van der Waals surface area contributed by atoms with E-state index in [1.54, 1.807) is 0 Å². The zero-order valence-electron chi connectivity index (χ0n) is 15.2. The normalized spacial score (nSPS) is 24.3. The molecular weight excluding hydrogens is 390 g/mol. The van der Waals surface area contributed by atoms with Crippen LogP contribution in [-0.4, -0.2) is 80.9 Å². The highest BCUT2D eigenvalue weighted by molar-refractivity contribution is 8.22. The Kier molecular flexibility index (Phi) is 6.36. The second kappa shape index (κ2) is 8.55. The molecule has 3 saturated heterocycles. The number of barbiturate groups is 1. The van der Waals surface area contributed by atoms with Crippen LogP contribution in [0.4, 0.5) is 9.59 Å². The van der Waals surface area contributed by atoms with Gasteiger partial charge < -0.3 is 10.0 Å². The Morgan fingerprint density at radius 1 is 1.19 bits per heavy atom. The lowest BCUT2D eigenvalue weighted by Crippen LogP contribution is -2.60. The van der Waals surface area contributed by atoms with Crippen LogP contribution in [0.1, 0.15) is 32.6 Å². The Bertz CT molecular complexity index is 688. The molecule has 0 aliphatic carbocycles. The van der Waals surface area contributed by atoms with Gasteiger partial charge in [-0.1, -0.05) is 13.3 Å². The second-order valence-corrected chi connectivity index (χ2v) is 9.12. The minimum atomic E-state index is -1.06. The summed E-state index contributed by atoms with van der Waals surface area (Å²) in [5.41, 5.74) is 0.0779. The molecule has 3 fully saturated rings. The number of imide groups is 2. The van der Waals surface area contributed by atoms with Crippen molar-refractivity contribution in [1.82, 2.24) is 14.7 Å². The van der Waals surface area contributed by atoms with Gasteiger partial charge in [-0.15, -0.1) is 23.5 Å². The number of hydrogen-bond acceptors (Lipinski definition) is 6. The first-order chi connectivity index (χ1) is 13.0. The highest BCUT2D eigenvalue weighted by atomic mass is 32.2. The molecule has 0 radical (unpaired) electrons. The first-order valence-electron chi connectivity index (χ1n) is 9.12. The third-order valence-corrected chi connectivity index (χ3v) is 7.45. The lowest BCUT2D eigenvalue weighted by Gasteiger charge is -2.37. The molecule has 3 rings (SSSR count). The fraction of sp³-hybridized carbons (Fsp3) is 0.647. The van der Waals surface area contributed by atoms with E-state index in [9.17, 15) is 24.3 Å². The highest BCUT2D eigenvalue weighted by Crippen LogP contribution is 2.40. The second-order valence-electron chi connectivity index (χ2n) is 6.65. The molecule has 3 aliphatic rings. The summed E-state index contributed by atoms with van der Waals surface area (Å²) in [4.78, 5) is 53.7. The first-order valence-corrected chi connectivity index (χ1v) is 11.1. The van der Waals surface area contributed by atoms with Gasteiger partial charge in [-0.25, -0.2) is 9.59 Å². The van der Waals surface area contributed by atoms with Crippen molar-refractivity contribution in [3.05, 3.63) is 9.81 Å². The zero-order chi connectivity index (χ0) is 19.6. The van der Waals surface area contributed by atoms with Crippen molar-refractivity contribution in [1.29, 1.82) is 0 Å². The van der Waals surface area contributed by atoms with Crippen LogP contribution in [0, 0.1) is 0 Å². The number of urea groups is 1. The van der Waals surface area contributed by atoms with Gasteiger partial charge in [-0.3, -0.25) is 19.4 Å². The summed E-state index contributed by atoms with van der Waals surface area (Å²) in [6, 6.07) is -1.15. The highest BCUT2D eigenvalue weighted by Gasteiger charge is 2.48. The molecule has 0 aromatic heterocycles. The third kappa shape index (κ3) is 3.96. The van der Waals surface area contributed by atoms with Crippen molar-refractivity contribution in [2.45, 2.75) is 38.6 Å². The van der Waals surface area contributed by atoms with E-state index in [0.29, 0.717) is 17.1 Å². The smallest absolute Gasteiger partial charge is 0.407 e. The molecule has 0 saturated carbocycles. The molecule has 3 heterocycles. The van der Waals surface area contributed by atoms with Gasteiger partial charge in [0.1, 0.15) is 5.57 Å². The van der Waals surface area contributed by atoms with E-state index in [1.165, 1.54) is 28.4 Å². The lowest BCUT2D eigenvalue weighted by molar-refractivity contribution is -0.137. The monoisotopic (exact) mass is 413 g/mol. The predicted octanol–water partition coefficient (Wildman–Crippen LogP) is 2.41. The molecule has 0 bridgehead atoms. The summed E-state index contributed by atoms with van der Waals surface area (Å²) < 4.78 is 0.684. The maximum Gasteiger partial charge on any atom is 0.407 e. The Morgan fingerprint density at radius 2 is 1.89 bits per heavy atom. The van der Waals surface area contributed by atoms with Crippen LogP contribution < -0.4 is 0 Å². The van der Waals surface area contributed by atoms with Gasteiger partial charge in [0.25, 0.3) is 11.8 Å². The standard InChI is InChI=1S/C17H23N3O5S2/c1-2-3-6-19-13(21)12(15-26-8-4-9-27-15)14(22)20(16(19)23)11-5-7-18(10-11)17(24)25/h11H,2-10H2,1H3,(H,24,25). The van der Waals surface area contributed by atoms with Crippen LogP contribution >= 0.6 is 23.5 Å². The van der Waals surface area contributed by atoms with Crippen LogP contribution in [0.5, 0.6) is 0 Å². The van der Waals surface area contributed by atoms with Gasteiger partial charge in [0.05, 0.1) is 10.3 Å². The summed E-state index contributed by atoms with van der Waals surface area (Å²) >= 11 is 2.97. The van der Waals surface area contributed by atoms with Crippen LogP contribution in [-0.2, 0) is 9.59 Å². The molecule has 10 heteroatoms. The molecule has 3 aliphatic heterocycles. The third-order valence-electron chi connectivity index (χ3n) is 4.82. The summed E-state index contributed by atoms with van der Waals surface area (Å²) in [7, 11) is 0. The number of amides is 5. The minimum Gasteiger partial charge on any atom is -0.465 e. The number of carbonyl (C=O) groups is 4. The SMILES string of the molecule is CCCCN1C(=O)C(=C2SCCCS2)C(=O)N(C2CCN(C(=O)O)C2)C1=O. The average molecular weight is 414 g/mol. The fourth-order valence-corrected chi connectivity index (χ4v) is 5.96. The Balaban J connectivity index is 1.94. The van der Waals surface area contributed by atoms with Crippen molar-refractivity contribution in [2.24, 2.45) is 0 Å². The number of carboxylic acid groups (broad SMARTS) is 1. The summed E-state index contributed by atoms with van der Waals surface area (Å²) in [5.74, 6) is 0.586. The Labute approximate surface area is 166 Å². The zero-order valence-corrected chi connectivity index (χ0v) is 16.8. The van der Waals surface area contributed by atoms with Crippen molar-refractivity contribution in [2.75, 3.05) is 31.1 Å². The maximum absolute atomic E-state index is 13.1. The molecule has 0 aromatic carbocycles. The van der Waals surface area contributed by atoms with E-state index < -0.39 is 30.0 Å². The quantitative estimate of drug-likeness (QED) is 0.558. The van der Waals surface area contributed by atoms with Gasteiger partial charge in [0, 0.05) is 19.6 Å². The van der Waals surface area contributed by atoms with E-state index >= 15 is 0 Å². The van der Waals surface area contributed by atoms with Crippen molar-refractivity contribution >= 4 is 47.5 Å². The van der Waals surface area contributed by atoms with Crippen LogP contribution in [0.3, 0.4) is 0 Å². The van der Waals surface area contributed by atoms with Crippen molar-refractivity contribution < 1.29 is 24.3 Å². The number of hydrogen-bond donors (Lipinski definition) is 1. The molecule has 1 N–H and O–H groups in total. The van der Waals surface area contributed by atoms with Gasteiger partial charge in [-0.05, 0) is 30.8 Å². The topological polar surface area (TPSA) is 98.2 Å². The number of nitrogens with zero attached hydrogens (tertiary/aromatic N) is 3. The Hall–Kier alpha value is -1.68. The van der Waals surface area contributed by atoms with Crippen LogP contribution in [0.2, 0.25) is 0 Å². The lowest BCUT2D eigenvalue weighted by atomic mass is 10.1.